The first kappa shape index (κ1) is 15.4. The Morgan fingerprint density at radius 2 is 1.62 bits per heavy atom. The van der Waals surface area contributed by atoms with Crippen molar-refractivity contribution in [3.63, 3.8) is 0 Å². The molecule has 1 saturated heterocycles. The van der Waals surface area contributed by atoms with E-state index in [4.69, 9.17) is 9.47 Å². The third-order valence-corrected chi connectivity index (χ3v) is 4.63. The summed E-state index contributed by atoms with van der Waals surface area (Å²) in [4.78, 5) is 4.81. The van der Waals surface area contributed by atoms with Crippen molar-refractivity contribution in [2.45, 2.75) is 13.1 Å². The van der Waals surface area contributed by atoms with Crippen LogP contribution in [0.4, 0.5) is 4.39 Å². The lowest BCUT2D eigenvalue weighted by Gasteiger charge is -2.34. The Kier molecular flexibility index (Phi) is 4.36. The molecule has 2 heterocycles. The predicted octanol–water partition coefficient (Wildman–Crippen LogP) is 2.87. The molecule has 0 N–H and O–H groups in total. The summed E-state index contributed by atoms with van der Waals surface area (Å²) < 4.78 is 24.3. The fourth-order valence-corrected chi connectivity index (χ4v) is 3.36. The second kappa shape index (κ2) is 6.79. The summed E-state index contributed by atoms with van der Waals surface area (Å²) in [6.07, 6.45) is 0. The number of fused-ring (bicyclic) bond motifs is 1. The van der Waals surface area contributed by atoms with Gasteiger partial charge < -0.3 is 9.47 Å². The summed E-state index contributed by atoms with van der Waals surface area (Å²) >= 11 is 0. The molecule has 1 fully saturated rings. The molecule has 0 aromatic heterocycles. The van der Waals surface area contributed by atoms with Gasteiger partial charge in [-0.15, -0.1) is 0 Å². The molecule has 4 nitrogen and oxygen atoms in total. The normalized spacial score (nSPS) is 18.0. The topological polar surface area (TPSA) is 24.9 Å². The predicted molar refractivity (Wildman–Crippen MR) is 89.5 cm³/mol. The average molecular weight is 328 g/mol. The molecular formula is C19H21FN2O2. The molecule has 0 saturated carbocycles. The SMILES string of the molecule is Fc1cccc(CN2CCN(Cc3cccc4c3OCO4)CC2)c1. The third kappa shape index (κ3) is 3.37. The second-order valence-electron chi connectivity index (χ2n) is 6.33. The first-order valence-electron chi connectivity index (χ1n) is 8.34. The molecule has 0 bridgehead atoms. The molecule has 0 aliphatic carbocycles. The van der Waals surface area contributed by atoms with Crippen LogP contribution in [-0.2, 0) is 13.1 Å². The lowest BCUT2D eigenvalue weighted by atomic mass is 10.1. The van der Waals surface area contributed by atoms with Crippen molar-refractivity contribution >= 4 is 0 Å². The number of benzene rings is 2. The molecule has 0 unspecified atom stereocenters. The van der Waals surface area contributed by atoms with E-state index in [1.165, 1.54) is 11.6 Å². The smallest absolute Gasteiger partial charge is 0.231 e. The Morgan fingerprint density at radius 3 is 2.42 bits per heavy atom. The Morgan fingerprint density at radius 1 is 0.875 bits per heavy atom. The van der Waals surface area contributed by atoms with Gasteiger partial charge >= 0.3 is 0 Å². The molecule has 0 amide bonds. The molecule has 0 radical (unpaired) electrons. The van der Waals surface area contributed by atoms with E-state index in [1.54, 1.807) is 12.1 Å². The van der Waals surface area contributed by atoms with Crippen LogP contribution in [0.25, 0.3) is 0 Å². The largest absolute Gasteiger partial charge is 0.454 e. The molecule has 2 aliphatic rings. The van der Waals surface area contributed by atoms with E-state index in [0.29, 0.717) is 6.79 Å². The number of hydrogen-bond donors (Lipinski definition) is 0. The van der Waals surface area contributed by atoms with Gasteiger partial charge in [-0.25, -0.2) is 4.39 Å². The molecule has 0 spiro atoms. The van der Waals surface area contributed by atoms with Gasteiger partial charge in [0.15, 0.2) is 11.5 Å². The minimum atomic E-state index is -0.161. The molecule has 2 aliphatic heterocycles. The van der Waals surface area contributed by atoms with E-state index in [-0.39, 0.29) is 5.82 Å². The third-order valence-electron chi connectivity index (χ3n) is 4.63. The number of piperazine rings is 1. The summed E-state index contributed by atoms with van der Waals surface area (Å²) in [7, 11) is 0. The quantitative estimate of drug-likeness (QED) is 0.862. The summed E-state index contributed by atoms with van der Waals surface area (Å²) in [6.45, 7) is 5.98. The first-order chi connectivity index (χ1) is 11.8. The number of para-hydroxylation sites is 1. The Balaban J connectivity index is 1.33. The fraction of sp³-hybridized carbons (Fsp3) is 0.368. The van der Waals surface area contributed by atoms with E-state index < -0.39 is 0 Å². The minimum absolute atomic E-state index is 0.161. The van der Waals surface area contributed by atoms with Gasteiger partial charge in [0.05, 0.1) is 0 Å². The van der Waals surface area contributed by atoms with Crippen LogP contribution in [0.15, 0.2) is 42.5 Å². The lowest BCUT2D eigenvalue weighted by molar-refractivity contribution is 0.120. The highest BCUT2D eigenvalue weighted by molar-refractivity contribution is 5.48. The number of ether oxygens (including phenoxy) is 2. The van der Waals surface area contributed by atoms with Crippen LogP contribution in [0.5, 0.6) is 11.5 Å². The zero-order chi connectivity index (χ0) is 16.4. The summed E-state index contributed by atoms with van der Waals surface area (Å²) in [5.74, 6) is 1.57. The van der Waals surface area contributed by atoms with Gasteiger partial charge in [-0.2, -0.15) is 0 Å². The van der Waals surface area contributed by atoms with Crippen LogP contribution in [0, 0.1) is 5.82 Å². The Bertz CT molecular complexity index is 714. The molecule has 24 heavy (non-hydrogen) atoms. The summed E-state index contributed by atoms with van der Waals surface area (Å²) in [6, 6.07) is 12.9. The minimum Gasteiger partial charge on any atom is -0.454 e. The Hall–Kier alpha value is -2.11. The summed E-state index contributed by atoms with van der Waals surface area (Å²) in [5.41, 5.74) is 2.22. The van der Waals surface area contributed by atoms with E-state index in [1.807, 2.05) is 18.2 Å². The monoisotopic (exact) mass is 328 g/mol. The van der Waals surface area contributed by atoms with Crippen molar-refractivity contribution in [1.82, 2.24) is 9.80 Å². The average Bonchev–Trinajstić information content (AvgIpc) is 3.06. The Labute approximate surface area is 141 Å². The van der Waals surface area contributed by atoms with E-state index in [9.17, 15) is 4.39 Å². The number of nitrogens with zero attached hydrogens (tertiary/aromatic N) is 2. The molecule has 0 atom stereocenters. The van der Waals surface area contributed by atoms with Gasteiger partial charge in [0.25, 0.3) is 0 Å². The van der Waals surface area contributed by atoms with Crippen LogP contribution >= 0.6 is 0 Å². The highest BCUT2D eigenvalue weighted by atomic mass is 19.1. The zero-order valence-electron chi connectivity index (χ0n) is 13.6. The highest BCUT2D eigenvalue weighted by Crippen LogP contribution is 2.36. The lowest BCUT2D eigenvalue weighted by Crippen LogP contribution is -2.45. The van der Waals surface area contributed by atoms with Gasteiger partial charge in [0.2, 0.25) is 6.79 Å². The van der Waals surface area contributed by atoms with Gasteiger partial charge in [0.1, 0.15) is 5.82 Å². The van der Waals surface area contributed by atoms with Crippen molar-refractivity contribution < 1.29 is 13.9 Å². The highest BCUT2D eigenvalue weighted by Gasteiger charge is 2.21. The van der Waals surface area contributed by atoms with Gasteiger partial charge in [-0.05, 0) is 23.8 Å². The standard InChI is InChI=1S/C19H21FN2O2/c20-17-5-1-3-15(11-17)12-21-7-9-22(10-8-21)13-16-4-2-6-18-19(16)24-14-23-18/h1-6,11H,7-10,12-14H2. The van der Waals surface area contributed by atoms with Crippen LogP contribution in [0.1, 0.15) is 11.1 Å². The number of rotatable bonds is 4. The molecule has 5 heteroatoms. The van der Waals surface area contributed by atoms with Crippen molar-refractivity contribution in [3.8, 4) is 11.5 Å². The van der Waals surface area contributed by atoms with Crippen molar-refractivity contribution in [2.75, 3.05) is 33.0 Å². The number of halogens is 1. The van der Waals surface area contributed by atoms with E-state index in [2.05, 4.69) is 15.9 Å². The maximum absolute atomic E-state index is 13.3. The van der Waals surface area contributed by atoms with Crippen LogP contribution in [0.3, 0.4) is 0 Å². The molecular weight excluding hydrogens is 307 g/mol. The molecule has 2 aromatic rings. The zero-order valence-corrected chi connectivity index (χ0v) is 13.6. The van der Waals surface area contributed by atoms with E-state index in [0.717, 1.165) is 56.3 Å². The summed E-state index contributed by atoms with van der Waals surface area (Å²) in [5, 5.41) is 0. The van der Waals surface area contributed by atoms with Crippen LogP contribution in [0.2, 0.25) is 0 Å². The van der Waals surface area contributed by atoms with E-state index >= 15 is 0 Å². The van der Waals surface area contributed by atoms with Crippen LogP contribution in [-0.4, -0.2) is 42.8 Å². The molecule has 4 rings (SSSR count). The number of hydrogen-bond acceptors (Lipinski definition) is 4. The van der Waals surface area contributed by atoms with Crippen molar-refractivity contribution in [2.24, 2.45) is 0 Å². The van der Waals surface area contributed by atoms with Crippen molar-refractivity contribution in [3.05, 3.63) is 59.4 Å². The fourth-order valence-electron chi connectivity index (χ4n) is 3.36. The first-order valence-corrected chi connectivity index (χ1v) is 8.34. The maximum Gasteiger partial charge on any atom is 0.231 e. The van der Waals surface area contributed by atoms with Gasteiger partial charge in [0, 0.05) is 44.8 Å². The van der Waals surface area contributed by atoms with Gasteiger partial charge in [-0.1, -0.05) is 24.3 Å². The van der Waals surface area contributed by atoms with Crippen LogP contribution < -0.4 is 9.47 Å². The maximum atomic E-state index is 13.3. The van der Waals surface area contributed by atoms with Gasteiger partial charge in [-0.3, -0.25) is 9.80 Å². The van der Waals surface area contributed by atoms with Crippen molar-refractivity contribution in [1.29, 1.82) is 0 Å². The molecule has 126 valence electrons. The second-order valence-corrected chi connectivity index (χ2v) is 6.33. The molecule has 2 aromatic carbocycles.